The van der Waals surface area contributed by atoms with Gasteiger partial charge in [0, 0.05) is 68.1 Å². The van der Waals surface area contributed by atoms with Gasteiger partial charge in [0.25, 0.3) is 0 Å². The first-order valence-corrected chi connectivity index (χ1v) is 15.5. The van der Waals surface area contributed by atoms with Crippen molar-refractivity contribution < 1.29 is 28.9 Å². The van der Waals surface area contributed by atoms with E-state index in [2.05, 4.69) is 25.8 Å². The molecule has 11 heteroatoms. The number of hydrogen-bond acceptors (Lipinski definition) is 7. The summed E-state index contributed by atoms with van der Waals surface area (Å²) < 4.78 is 17.0. The number of carbonyl (C=O) groups excluding carboxylic acids is 1. The smallest absolute Gasteiger partial charge is 0.335 e. The molecule has 6 rings (SSSR count). The van der Waals surface area contributed by atoms with Crippen LogP contribution in [0.1, 0.15) is 53.2 Å². The number of likely N-dealkylation sites (tertiary alicyclic amines) is 1. The molecule has 3 aromatic rings. The van der Waals surface area contributed by atoms with Crippen molar-refractivity contribution in [1.29, 1.82) is 0 Å². The van der Waals surface area contributed by atoms with E-state index in [0.717, 1.165) is 49.9 Å². The SMILES string of the molecule is COc1nc(Oc2ccc(C(=O)O)cc2)ccc1CN1CCC(N2C(=O)N(C3CCOCC3)CC2c2cccc(Cl)c2)CC1. The Morgan fingerprint density at radius 3 is 2.45 bits per heavy atom. The lowest BCUT2D eigenvalue weighted by Crippen LogP contribution is -2.48. The fourth-order valence-corrected chi connectivity index (χ4v) is 6.71. The second-order valence-electron chi connectivity index (χ2n) is 11.5. The quantitative estimate of drug-likeness (QED) is 0.317. The summed E-state index contributed by atoms with van der Waals surface area (Å²) in [4.78, 5) is 36.1. The number of piperidine rings is 1. The molecule has 0 bridgehead atoms. The van der Waals surface area contributed by atoms with Crippen molar-refractivity contribution in [2.24, 2.45) is 0 Å². The van der Waals surface area contributed by atoms with E-state index in [0.29, 0.717) is 48.8 Å². The second-order valence-corrected chi connectivity index (χ2v) is 11.9. The van der Waals surface area contributed by atoms with Gasteiger partial charge in [-0.15, -0.1) is 0 Å². The van der Waals surface area contributed by atoms with E-state index < -0.39 is 5.97 Å². The normalized spacial score (nSPS) is 20.2. The second kappa shape index (κ2) is 13.4. The fraction of sp³-hybridized carbons (Fsp3) is 0.424. The molecule has 0 spiro atoms. The summed E-state index contributed by atoms with van der Waals surface area (Å²) in [6.07, 6.45) is 3.48. The highest BCUT2D eigenvalue weighted by molar-refractivity contribution is 6.30. The largest absolute Gasteiger partial charge is 0.481 e. The van der Waals surface area contributed by atoms with Crippen molar-refractivity contribution in [3.05, 3.63) is 82.4 Å². The van der Waals surface area contributed by atoms with Gasteiger partial charge in [0.05, 0.1) is 18.7 Å². The number of rotatable bonds is 9. The summed E-state index contributed by atoms with van der Waals surface area (Å²) in [5, 5.41) is 9.79. The number of pyridine rings is 1. The van der Waals surface area contributed by atoms with E-state index >= 15 is 0 Å². The lowest BCUT2D eigenvalue weighted by Gasteiger charge is -2.39. The van der Waals surface area contributed by atoms with Crippen molar-refractivity contribution in [2.75, 3.05) is 40.0 Å². The number of benzene rings is 2. The van der Waals surface area contributed by atoms with E-state index in [-0.39, 0.29) is 29.7 Å². The molecular formula is C33H37ClN4O6. The Hall–Kier alpha value is -3.86. The number of hydrogen-bond donors (Lipinski definition) is 1. The van der Waals surface area contributed by atoms with E-state index in [4.69, 9.17) is 30.9 Å². The number of nitrogens with zero attached hydrogens (tertiary/aromatic N) is 4. The third kappa shape index (κ3) is 6.62. The standard InChI is InChI=1S/C33H37ClN4O6/c1-42-31-24(7-10-30(35-31)44-28-8-5-22(6-9-28)32(39)40)20-36-15-11-27(12-16-36)38-29(23-3-2-4-25(34)19-23)21-37(33(38)41)26-13-17-43-18-14-26/h2-10,19,26-27,29H,11-18,20-21H2,1H3,(H,39,40). The molecule has 3 aliphatic rings. The Morgan fingerprint density at radius 2 is 1.77 bits per heavy atom. The van der Waals surface area contributed by atoms with Gasteiger partial charge in [-0.1, -0.05) is 23.7 Å². The molecule has 1 N–H and O–H groups in total. The summed E-state index contributed by atoms with van der Waals surface area (Å²) in [5.41, 5.74) is 2.21. The predicted octanol–water partition coefficient (Wildman–Crippen LogP) is 5.86. The lowest BCUT2D eigenvalue weighted by molar-refractivity contribution is 0.0493. The van der Waals surface area contributed by atoms with Gasteiger partial charge in [0.1, 0.15) is 5.75 Å². The van der Waals surface area contributed by atoms with Crippen molar-refractivity contribution in [1.82, 2.24) is 19.7 Å². The first-order valence-electron chi connectivity index (χ1n) is 15.1. The molecule has 10 nitrogen and oxygen atoms in total. The third-order valence-corrected chi connectivity index (χ3v) is 9.05. The highest BCUT2D eigenvalue weighted by Crippen LogP contribution is 2.38. The Balaban J connectivity index is 1.11. The third-order valence-electron chi connectivity index (χ3n) is 8.81. The molecular weight excluding hydrogens is 584 g/mol. The Labute approximate surface area is 262 Å². The topological polar surface area (TPSA) is 105 Å². The van der Waals surface area contributed by atoms with Gasteiger partial charge in [-0.2, -0.15) is 4.98 Å². The van der Waals surface area contributed by atoms with Crippen LogP contribution < -0.4 is 9.47 Å². The highest BCUT2D eigenvalue weighted by atomic mass is 35.5. The molecule has 3 saturated heterocycles. The Morgan fingerprint density at radius 1 is 1.02 bits per heavy atom. The van der Waals surface area contributed by atoms with Gasteiger partial charge in [0.2, 0.25) is 11.8 Å². The molecule has 1 aromatic heterocycles. The monoisotopic (exact) mass is 620 g/mol. The van der Waals surface area contributed by atoms with Crippen LogP contribution in [0.5, 0.6) is 17.5 Å². The minimum atomic E-state index is -0.991. The van der Waals surface area contributed by atoms with Crippen LogP contribution in [0.4, 0.5) is 4.79 Å². The maximum Gasteiger partial charge on any atom is 0.335 e. The molecule has 4 heterocycles. The van der Waals surface area contributed by atoms with Gasteiger partial charge in [-0.05, 0) is 73.7 Å². The minimum Gasteiger partial charge on any atom is -0.481 e. The summed E-state index contributed by atoms with van der Waals surface area (Å²) >= 11 is 6.38. The Kier molecular flexibility index (Phi) is 9.20. The molecule has 2 amide bonds. The lowest BCUT2D eigenvalue weighted by atomic mass is 9.98. The number of carboxylic acids is 1. The summed E-state index contributed by atoms with van der Waals surface area (Å²) in [6.45, 7) is 4.40. The van der Waals surface area contributed by atoms with Crippen molar-refractivity contribution in [3.8, 4) is 17.5 Å². The van der Waals surface area contributed by atoms with E-state index in [1.165, 1.54) is 12.1 Å². The number of aromatic carboxylic acids is 1. The van der Waals surface area contributed by atoms with Crippen LogP contribution in [0.25, 0.3) is 0 Å². The van der Waals surface area contributed by atoms with Crippen LogP contribution in [0.15, 0.2) is 60.7 Å². The first kappa shape index (κ1) is 30.2. The minimum absolute atomic E-state index is 0.0298. The molecule has 3 aliphatic heterocycles. The molecule has 0 radical (unpaired) electrons. The zero-order valence-electron chi connectivity index (χ0n) is 24.7. The number of carbonyl (C=O) groups is 2. The predicted molar refractivity (Wildman–Crippen MR) is 165 cm³/mol. The number of aromatic nitrogens is 1. The number of methoxy groups -OCH3 is 1. The molecule has 0 aliphatic carbocycles. The first-order chi connectivity index (χ1) is 21.4. The van der Waals surface area contributed by atoms with Gasteiger partial charge >= 0.3 is 12.0 Å². The number of halogens is 1. The van der Waals surface area contributed by atoms with Crippen molar-refractivity contribution in [3.63, 3.8) is 0 Å². The van der Waals surface area contributed by atoms with Crippen LogP contribution in [-0.4, -0.2) is 88.8 Å². The fourth-order valence-electron chi connectivity index (χ4n) is 6.52. The van der Waals surface area contributed by atoms with E-state index in [9.17, 15) is 9.59 Å². The van der Waals surface area contributed by atoms with Crippen LogP contribution in [0.3, 0.4) is 0 Å². The highest BCUT2D eigenvalue weighted by Gasteiger charge is 2.45. The van der Waals surface area contributed by atoms with Crippen molar-refractivity contribution >= 4 is 23.6 Å². The number of amides is 2. The molecule has 0 saturated carbocycles. The van der Waals surface area contributed by atoms with Crippen molar-refractivity contribution in [2.45, 2.75) is 50.4 Å². The summed E-state index contributed by atoms with van der Waals surface area (Å²) in [6, 6.07) is 18.3. The van der Waals surface area contributed by atoms with Gasteiger partial charge < -0.3 is 29.1 Å². The van der Waals surface area contributed by atoms with Crippen LogP contribution in [-0.2, 0) is 11.3 Å². The average Bonchev–Trinajstić information content (AvgIpc) is 3.39. The molecule has 232 valence electrons. The van der Waals surface area contributed by atoms with Gasteiger partial charge in [-0.25, -0.2) is 9.59 Å². The molecule has 1 unspecified atom stereocenters. The zero-order chi connectivity index (χ0) is 30.6. The molecule has 2 aromatic carbocycles. The maximum atomic E-state index is 13.9. The average molecular weight is 621 g/mol. The molecule has 3 fully saturated rings. The molecule has 1 atom stereocenters. The Bertz CT molecular complexity index is 1470. The summed E-state index contributed by atoms with van der Waals surface area (Å²) in [7, 11) is 1.59. The van der Waals surface area contributed by atoms with Crippen LogP contribution in [0.2, 0.25) is 5.02 Å². The van der Waals surface area contributed by atoms with Gasteiger partial charge in [0.15, 0.2) is 0 Å². The summed E-state index contributed by atoms with van der Waals surface area (Å²) in [5.74, 6) is 0.340. The van der Waals surface area contributed by atoms with Crippen LogP contribution >= 0.6 is 11.6 Å². The van der Waals surface area contributed by atoms with Gasteiger partial charge in [-0.3, -0.25) is 4.90 Å². The van der Waals surface area contributed by atoms with Crippen LogP contribution in [0, 0.1) is 0 Å². The zero-order valence-corrected chi connectivity index (χ0v) is 25.5. The van der Waals surface area contributed by atoms with E-state index in [1.54, 1.807) is 25.3 Å². The maximum absolute atomic E-state index is 13.9. The van der Waals surface area contributed by atoms with E-state index in [1.807, 2.05) is 24.3 Å². The molecule has 44 heavy (non-hydrogen) atoms. The number of ether oxygens (including phenoxy) is 3. The number of carboxylic acid groups (broad SMARTS) is 1. The number of urea groups is 1.